The van der Waals surface area contributed by atoms with E-state index in [4.69, 9.17) is 11.6 Å². The molecule has 0 saturated heterocycles. The van der Waals surface area contributed by atoms with Crippen molar-refractivity contribution in [1.29, 1.82) is 0 Å². The topological polar surface area (TPSA) is 12.0 Å². The molecular weight excluding hydrogens is 226 g/mol. The first-order valence-corrected chi connectivity index (χ1v) is 6.44. The van der Waals surface area contributed by atoms with Crippen LogP contribution in [0.4, 0.5) is 0 Å². The summed E-state index contributed by atoms with van der Waals surface area (Å²) in [5.74, 6) is 0. The van der Waals surface area contributed by atoms with Gasteiger partial charge in [0.1, 0.15) is 0 Å². The number of thiophene rings is 1. The molecule has 0 radical (unpaired) electrons. The van der Waals surface area contributed by atoms with Crippen molar-refractivity contribution in [1.82, 2.24) is 5.32 Å². The van der Waals surface area contributed by atoms with Gasteiger partial charge in [-0.2, -0.15) is 0 Å². The monoisotopic (exact) mass is 243 g/mol. The van der Waals surface area contributed by atoms with Crippen molar-refractivity contribution >= 4 is 22.9 Å². The van der Waals surface area contributed by atoms with E-state index in [9.17, 15) is 0 Å². The van der Waals surface area contributed by atoms with E-state index in [0.29, 0.717) is 12.1 Å². The van der Waals surface area contributed by atoms with Crippen molar-refractivity contribution in [3.05, 3.63) is 34.0 Å². The van der Waals surface area contributed by atoms with E-state index < -0.39 is 0 Å². The Hall–Kier alpha value is -0.310. The molecule has 1 aromatic rings. The maximum atomic E-state index is 5.87. The van der Waals surface area contributed by atoms with Crippen molar-refractivity contribution in [2.24, 2.45) is 0 Å². The molecule has 84 valence electrons. The zero-order chi connectivity index (χ0) is 11.3. The van der Waals surface area contributed by atoms with Gasteiger partial charge in [-0.15, -0.1) is 17.9 Å². The fourth-order valence-electron chi connectivity index (χ4n) is 1.45. The van der Waals surface area contributed by atoms with Crippen molar-refractivity contribution in [3.63, 3.8) is 0 Å². The summed E-state index contributed by atoms with van der Waals surface area (Å²) in [6, 6.07) is 4.97. The number of halogens is 1. The van der Waals surface area contributed by atoms with E-state index in [2.05, 4.69) is 31.8 Å². The molecule has 0 aliphatic carbocycles. The van der Waals surface area contributed by atoms with Crippen LogP contribution in [0.3, 0.4) is 0 Å². The number of hydrogen-bond acceptors (Lipinski definition) is 2. The average Bonchev–Trinajstić information content (AvgIpc) is 2.61. The van der Waals surface area contributed by atoms with Gasteiger partial charge in [-0.05, 0) is 38.8 Å². The summed E-state index contributed by atoms with van der Waals surface area (Å²) in [6.07, 6.45) is 4.16. The smallest absolute Gasteiger partial charge is 0.0931 e. The molecule has 0 spiro atoms. The third kappa shape index (κ3) is 4.83. The van der Waals surface area contributed by atoms with Gasteiger partial charge in [0.05, 0.1) is 4.34 Å². The Morgan fingerprint density at radius 1 is 1.53 bits per heavy atom. The first-order chi connectivity index (χ1) is 7.11. The third-order valence-corrected chi connectivity index (χ3v) is 3.64. The second-order valence-electron chi connectivity index (χ2n) is 3.84. The fraction of sp³-hybridized carbons (Fsp3) is 0.500. The molecule has 0 aliphatic rings. The molecule has 1 aromatic heterocycles. The van der Waals surface area contributed by atoms with Gasteiger partial charge >= 0.3 is 0 Å². The summed E-state index contributed by atoms with van der Waals surface area (Å²) in [6.45, 7) is 8.08. The van der Waals surface area contributed by atoms with Crippen LogP contribution in [-0.4, -0.2) is 12.1 Å². The number of aryl methyl sites for hydroxylation is 1. The number of rotatable bonds is 6. The molecule has 1 heterocycles. The van der Waals surface area contributed by atoms with Crippen LogP contribution < -0.4 is 5.32 Å². The molecular formula is C12H18ClNS. The Labute approximate surface area is 101 Å². The van der Waals surface area contributed by atoms with Crippen LogP contribution in [0.2, 0.25) is 4.34 Å². The lowest BCUT2D eigenvalue weighted by Crippen LogP contribution is -2.33. The minimum atomic E-state index is 0.381. The zero-order valence-corrected chi connectivity index (χ0v) is 10.9. The van der Waals surface area contributed by atoms with Gasteiger partial charge in [-0.1, -0.05) is 17.7 Å². The van der Waals surface area contributed by atoms with Crippen LogP contribution in [0, 0.1) is 0 Å². The van der Waals surface area contributed by atoms with Gasteiger partial charge in [0.25, 0.3) is 0 Å². The quantitative estimate of drug-likeness (QED) is 0.748. The fourth-order valence-corrected chi connectivity index (χ4v) is 2.55. The van der Waals surface area contributed by atoms with E-state index in [1.54, 1.807) is 11.3 Å². The molecule has 1 rings (SSSR count). The van der Waals surface area contributed by atoms with E-state index in [0.717, 1.165) is 17.2 Å². The molecule has 0 aliphatic heterocycles. The summed E-state index contributed by atoms with van der Waals surface area (Å²) < 4.78 is 0.880. The van der Waals surface area contributed by atoms with Crippen molar-refractivity contribution in [2.75, 3.05) is 0 Å². The van der Waals surface area contributed by atoms with Crippen molar-refractivity contribution in [3.8, 4) is 0 Å². The second-order valence-corrected chi connectivity index (χ2v) is 5.64. The average molecular weight is 244 g/mol. The Morgan fingerprint density at radius 3 is 2.80 bits per heavy atom. The van der Waals surface area contributed by atoms with Gasteiger partial charge in [-0.25, -0.2) is 0 Å². The molecule has 1 N–H and O–H groups in total. The van der Waals surface area contributed by atoms with Crippen LogP contribution >= 0.6 is 22.9 Å². The van der Waals surface area contributed by atoms with Gasteiger partial charge in [0.15, 0.2) is 0 Å². The highest BCUT2D eigenvalue weighted by Gasteiger charge is 2.05. The Morgan fingerprint density at radius 2 is 2.27 bits per heavy atom. The first-order valence-electron chi connectivity index (χ1n) is 5.24. The summed E-state index contributed by atoms with van der Waals surface area (Å²) in [5.41, 5.74) is 0. The molecule has 0 fully saturated rings. The lowest BCUT2D eigenvalue weighted by atomic mass is 10.1. The maximum absolute atomic E-state index is 5.87. The van der Waals surface area contributed by atoms with Crippen LogP contribution in [0.15, 0.2) is 24.8 Å². The third-order valence-electron chi connectivity index (χ3n) is 2.35. The summed E-state index contributed by atoms with van der Waals surface area (Å²) in [7, 11) is 0. The Kier molecular flexibility index (Phi) is 5.37. The van der Waals surface area contributed by atoms with Gasteiger partial charge in [-0.3, -0.25) is 0 Å². The Bertz CT molecular complexity index is 308. The van der Waals surface area contributed by atoms with Crippen LogP contribution in [-0.2, 0) is 6.42 Å². The second kappa shape index (κ2) is 6.31. The predicted octanol–water partition coefficient (Wildman–Crippen LogP) is 3.89. The highest BCUT2D eigenvalue weighted by Crippen LogP contribution is 2.22. The highest BCUT2D eigenvalue weighted by atomic mass is 35.5. The molecule has 3 heteroatoms. The van der Waals surface area contributed by atoms with E-state index in [-0.39, 0.29) is 0 Å². The van der Waals surface area contributed by atoms with Gasteiger partial charge in [0, 0.05) is 17.0 Å². The molecule has 0 amide bonds. The Balaban J connectivity index is 2.27. The van der Waals surface area contributed by atoms with E-state index in [1.807, 2.05) is 12.1 Å². The standard InChI is InChI=1S/C12H18ClNS/c1-4-9(2)14-10(3)5-6-11-7-8-12(13)15-11/h4,7-10,14H,1,5-6H2,2-3H3. The molecule has 1 nitrogen and oxygen atoms in total. The van der Waals surface area contributed by atoms with E-state index in [1.165, 1.54) is 4.88 Å². The first kappa shape index (κ1) is 12.8. The summed E-state index contributed by atoms with van der Waals surface area (Å²) in [5, 5.41) is 3.46. The molecule has 0 saturated carbocycles. The highest BCUT2D eigenvalue weighted by molar-refractivity contribution is 7.16. The van der Waals surface area contributed by atoms with Crippen molar-refractivity contribution < 1.29 is 0 Å². The van der Waals surface area contributed by atoms with Crippen LogP contribution in [0.5, 0.6) is 0 Å². The largest absolute Gasteiger partial charge is 0.308 e. The normalized spacial score (nSPS) is 14.9. The number of hydrogen-bond donors (Lipinski definition) is 1. The van der Waals surface area contributed by atoms with E-state index >= 15 is 0 Å². The van der Waals surface area contributed by atoms with Gasteiger partial charge < -0.3 is 5.32 Å². The summed E-state index contributed by atoms with van der Waals surface area (Å²) >= 11 is 7.54. The number of nitrogens with one attached hydrogen (secondary N) is 1. The lowest BCUT2D eigenvalue weighted by molar-refractivity contribution is 0.489. The zero-order valence-electron chi connectivity index (χ0n) is 9.29. The van der Waals surface area contributed by atoms with Crippen LogP contribution in [0.25, 0.3) is 0 Å². The SMILES string of the molecule is C=CC(C)NC(C)CCc1ccc(Cl)s1. The minimum Gasteiger partial charge on any atom is -0.308 e. The molecule has 2 atom stereocenters. The molecule has 0 bridgehead atoms. The van der Waals surface area contributed by atoms with Gasteiger partial charge in [0.2, 0.25) is 0 Å². The van der Waals surface area contributed by atoms with Crippen molar-refractivity contribution in [2.45, 2.75) is 38.8 Å². The maximum Gasteiger partial charge on any atom is 0.0931 e. The minimum absolute atomic E-state index is 0.381. The molecule has 15 heavy (non-hydrogen) atoms. The lowest BCUT2D eigenvalue weighted by Gasteiger charge is -2.16. The molecule has 0 aromatic carbocycles. The molecule has 2 unspecified atom stereocenters. The van der Waals surface area contributed by atoms with Crippen LogP contribution in [0.1, 0.15) is 25.1 Å². The predicted molar refractivity (Wildman–Crippen MR) is 69.9 cm³/mol. The summed E-state index contributed by atoms with van der Waals surface area (Å²) in [4.78, 5) is 1.36.